The van der Waals surface area contributed by atoms with Crippen molar-refractivity contribution in [2.75, 3.05) is 12.3 Å². The highest BCUT2D eigenvalue weighted by Gasteiger charge is 2.16. The molecule has 0 radical (unpaired) electrons. The second kappa shape index (κ2) is 6.33. The van der Waals surface area contributed by atoms with Crippen molar-refractivity contribution in [1.29, 1.82) is 0 Å². The summed E-state index contributed by atoms with van der Waals surface area (Å²) >= 11 is 1.06. The fraction of sp³-hybridized carbons (Fsp3) is 0.154. The molecular formula is C13H12FN3O2S. The molecule has 0 saturated carbocycles. The molecule has 1 heterocycles. The van der Waals surface area contributed by atoms with Crippen molar-refractivity contribution in [3.8, 4) is 0 Å². The zero-order valence-corrected chi connectivity index (χ0v) is 11.5. The predicted molar refractivity (Wildman–Crippen MR) is 72.9 cm³/mol. The third-order valence-electron chi connectivity index (χ3n) is 2.35. The molecule has 7 heteroatoms. The van der Waals surface area contributed by atoms with Crippen LogP contribution in [0.1, 0.15) is 17.3 Å². The van der Waals surface area contributed by atoms with Crippen LogP contribution in [0.25, 0.3) is 0 Å². The van der Waals surface area contributed by atoms with Gasteiger partial charge in [-0.3, -0.25) is 4.98 Å². The Morgan fingerprint density at radius 1 is 1.45 bits per heavy atom. The highest BCUT2D eigenvalue weighted by Crippen LogP contribution is 2.31. The minimum Gasteiger partial charge on any atom is -0.462 e. The van der Waals surface area contributed by atoms with Gasteiger partial charge in [-0.15, -0.1) is 0 Å². The summed E-state index contributed by atoms with van der Waals surface area (Å²) < 4.78 is 18.7. The SMILES string of the molecule is CCOC(=O)c1cc(Sc2cnccn2)c(F)cc1N. The van der Waals surface area contributed by atoms with E-state index >= 15 is 0 Å². The Balaban J connectivity index is 2.34. The van der Waals surface area contributed by atoms with Gasteiger partial charge < -0.3 is 10.5 Å². The Kier molecular flexibility index (Phi) is 4.52. The highest BCUT2D eigenvalue weighted by molar-refractivity contribution is 7.99. The minimum absolute atomic E-state index is 0.0458. The largest absolute Gasteiger partial charge is 0.462 e. The summed E-state index contributed by atoms with van der Waals surface area (Å²) in [6.07, 6.45) is 4.53. The number of rotatable bonds is 4. The monoisotopic (exact) mass is 293 g/mol. The molecule has 20 heavy (non-hydrogen) atoms. The number of ether oxygens (including phenoxy) is 1. The summed E-state index contributed by atoms with van der Waals surface area (Å²) in [4.78, 5) is 19.9. The Bertz CT molecular complexity index is 623. The van der Waals surface area contributed by atoms with Gasteiger partial charge in [0.15, 0.2) is 0 Å². The first-order valence-corrected chi connectivity index (χ1v) is 6.63. The molecule has 2 aromatic rings. The predicted octanol–water partition coefficient (Wildman–Crippen LogP) is 2.53. The van der Waals surface area contributed by atoms with Gasteiger partial charge in [0.1, 0.15) is 10.8 Å². The zero-order chi connectivity index (χ0) is 14.5. The van der Waals surface area contributed by atoms with Crippen LogP contribution in [-0.4, -0.2) is 22.5 Å². The Morgan fingerprint density at radius 3 is 2.90 bits per heavy atom. The van der Waals surface area contributed by atoms with E-state index in [0.29, 0.717) is 5.03 Å². The lowest BCUT2D eigenvalue weighted by Crippen LogP contribution is -2.08. The number of carbonyl (C=O) groups excluding carboxylic acids is 1. The molecule has 0 aliphatic heterocycles. The number of nitrogens with two attached hydrogens (primary N) is 1. The topological polar surface area (TPSA) is 78.1 Å². The average Bonchev–Trinajstić information content (AvgIpc) is 2.43. The lowest BCUT2D eigenvalue weighted by molar-refractivity contribution is 0.0527. The first-order valence-electron chi connectivity index (χ1n) is 5.81. The second-order valence-electron chi connectivity index (χ2n) is 3.74. The lowest BCUT2D eigenvalue weighted by Gasteiger charge is -2.08. The lowest BCUT2D eigenvalue weighted by atomic mass is 10.2. The molecule has 0 bridgehead atoms. The molecule has 0 aliphatic rings. The van der Waals surface area contributed by atoms with Gasteiger partial charge in [-0.05, 0) is 19.1 Å². The van der Waals surface area contributed by atoms with Crippen molar-refractivity contribution in [2.45, 2.75) is 16.8 Å². The summed E-state index contributed by atoms with van der Waals surface area (Å²) in [6, 6.07) is 2.47. The molecule has 0 atom stereocenters. The van der Waals surface area contributed by atoms with Crippen molar-refractivity contribution >= 4 is 23.4 Å². The van der Waals surface area contributed by atoms with Gasteiger partial charge >= 0.3 is 5.97 Å². The third kappa shape index (κ3) is 3.24. The fourth-order valence-corrected chi connectivity index (χ4v) is 2.27. The number of nitrogens with zero attached hydrogens (tertiary/aromatic N) is 2. The second-order valence-corrected chi connectivity index (χ2v) is 4.80. The number of anilines is 1. The summed E-state index contributed by atoms with van der Waals surface area (Å²) in [7, 11) is 0. The number of carbonyl (C=O) groups is 1. The van der Waals surface area contributed by atoms with E-state index in [1.807, 2.05) is 0 Å². The van der Waals surface area contributed by atoms with Gasteiger partial charge in [0, 0.05) is 18.1 Å². The number of nitrogen functional groups attached to an aromatic ring is 1. The van der Waals surface area contributed by atoms with Crippen LogP contribution in [0.2, 0.25) is 0 Å². The first-order chi connectivity index (χ1) is 9.61. The maximum atomic E-state index is 13.9. The molecule has 0 saturated heterocycles. The zero-order valence-electron chi connectivity index (χ0n) is 10.7. The Morgan fingerprint density at radius 2 is 2.25 bits per heavy atom. The van der Waals surface area contributed by atoms with Crippen molar-refractivity contribution in [1.82, 2.24) is 9.97 Å². The number of aromatic nitrogens is 2. The molecule has 5 nitrogen and oxygen atoms in total. The van der Waals surface area contributed by atoms with E-state index in [1.165, 1.54) is 24.7 Å². The molecule has 2 N–H and O–H groups in total. The minimum atomic E-state index is -0.578. The van der Waals surface area contributed by atoms with Gasteiger partial charge in [0.05, 0.1) is 23.3 Å². The van der Waals surface area contributed by atoms with Gasteiger partial charge in [-0.2, -0.15) is 0 Å². The highest BCUT2D eigenvalue weighted by atomic mass is 32.2. The van der Waals surface area contributed by atoms with Crippen LogP contribution in [0, 0.1) is 5.82 Å². The fourth-order valence-electron chi connectivity index (χ4n) is 1.48. The third-order valence-corrected chi connectivity index (χ3v) is 3.31. The van der Waals surface area contributed by atoms with Crippen molar-refractivity contribution in [3.63, 3.8) is 0 Å². The quantitative estimate of drug-likeness (QED) is 0.689. The number of benzene rings is 1. The van der Waals surface area contributed by atoms with E-state index in [1.54, 1.807) is 6.92 Å². The van der Waals surface area contributed by atoms with Crippen molar-refractivity contribution in [3.05, 3.63) is 42.1 Å². The van der Waals surface area contributed by atoms with E-state index in [2.05, 4.69) is 9.97 Å². The molecule has 0 fully saturated rings. The van der Waals surface area contributed by atoms with Crippen molar-refractivity contribution < 1.29 is 13.9 Å². The smallest absolute Gasteiger partial charge is 0.340 e. The van der Waals surface area contributed by atoms with Crippen LogP contribution in [-0.2, 0) is 4.74 Å². The van der Waals surface area contributed by atoms with E-state index in [-0.39, 0.29) is 22.8 Å². The summed E-state index contributed by atoms with van der Waals surface area (Å²) in [5.41, 5.74) is 5.82. The van der Waals surface area contributed by atoms with Crippen LogP contribution >= 0.6 is 11.8 Å². The standard InChI is InChI=1S/C13H12FN3O2S/c1-2-19-13(18)8-5-11(9(14)6-10(8)15)20-12-7-16-3-4-17-12/h3-7H,2,15H2,1H3. The maximum absolute atomic E-state index is 13.9. The number of halogens is 1. The van der Waals surface area contributed by atoms with Gasteiger partial charge in [0.2, 0.25) is 0 Å². The normalized spacial score (nSPS) is 10.3. The van der Waals surface area contributed by atoms with E-state index < -0.39 is 11.8 Å². The van der Waals surface area contributed by atoms with Crippen LogP contribution in [0.15, 0.2) is 40.6 Å². The molecule has 1 aromatic carbocycles. The molecule has 0 unspecified atom stereocenters. The summed E-state index contributed by atoms with van der Waals surface area (Å²) in [5, 5.41) is 0.519. The molecular weight excluding hydrogens is 281 g/mol. The summed E-state index contributed by atoms with van der Waals surface area (Å²) in [6.45, 7) is 1.91. The van der Waals surface area contributed by atoms with Gasteiger partial charge in [-0.1, -0.05) is 11.8 Å². The summed E-state index contributed by atoms with van der Waals surface area (Å²) in [5.74, 6) is -1.10. The molecule has 0 aliphatic carbocycles. The molecule has 104 valence electrons. The van der Waals surface area contributed by atoms with E-state index in [0.717, 1.165) is 17.8 Å². The van der Waals surface area contributed by atoms with Crippen LogP contribution < -0.4 is 5.73 Å². The van der Waals surface area contributed by atoms with Crippen LogP contribution in [0.4, 0.5) is 10.1 Å². The average molecular weight is 293 g/mol. The Hall–Kier alpha value is -2.15. The number of esters is 1. The van der Waals surface area contributed by atoms with Crippen LogP contribution in [0.5, 0.6) is 0 Å². The van der Waals surface area contributed by atoms with Gasteiger partial charge in [0.25, 0.3) is 0 Å². The molecule has 0 spiro atoms. The first kappa shape index (κ1) is 14.3. The molecule has 1 aromatic heterocycles. The molecule has 2 rings (SSSR count). The van der Waals surface area contributed by atoms with Crippen LogP contribution in [0.3, 0.4) is 0 Å². The number of hydrogen-bond acceptors (Lipinski definition) is 6. The van der Waals surface area contributed by atoms with Gasteiger partial charge in [-0.25, -0.2) is 14.2 Å². The van der Waals surface area contributed by atoms with Crippen molar-refractivity contribution in [2.24, 2.45) is 0 Å². The van der Waals surface area contributed by atoms with E-state index in [4.69, 9.17) is 10.5 Å². The number of hydrogen-bond donors (Lipinski definition) is 1. The Labute approximate surface area is 119 Å². The van der Waals surface area contributed by atoms with E-state index in [9.17, 15) is 9.18 Å². The molecule has 0 amide bonds. The maximum Gasteiger partial charge on any atom is 0.340 e.